The van der Waals surface area contributed by atoms with Crippen molar-refractivity contribution in [2.75, 3.05) is 13.2 Å². The number of carbonyl (C=O) groups is 1. The van der Waals surface area contributed by atoms with Gasteiger partial charge >= 0.3 is 0 Å². The van der Waals surface area contributed by atoms with Gasteiger partial charge in [-0.15, -0.1) is 0 Å². The van der Waals surface area contributed by atoms with Crippen LogP contribution in [0.15, 0.2) is 66.7 Å². The Labute approximate surface area is 218 Å². The van der Waals surface area contributed by atoms with Gasteiger partial charge in [0.2, 0.25) is 0 Å². The molecule has 0 saturated carbocycles. The van der Waals surface area contributed by atoms with Gasteiger partial charge in [0.1, 0.15) is 11.6 Å². The largest absolute Gasteiger partial charge is 0.494 e. The van der Waals surface area contributed by atoms with Gasteiger partial charge in [0.15, 0.2) is 0 Å². The van der Waals surface area contributed by atoms with Crippen LogP contribution in [0.3, 0.4) is 0 Å². The summed E-state index contributed by atoms with van der Waals surface area (Å²) in [5.41, 5.74) is 5.29. The molecule has 0 atom stereocenters. The van der Waals surface area contributed by atoms with E-state index >= 15 is 0 Å². The number of ether oxygens (including phenoxy) is 1. The molecule has 0 aliphatic heterocycles. The van der Waals surface area contributed by atoms with Crippen LogP contribution in [-0.4, -0.2) is 28.6 Å². The maximum atomic E-state index is 12.2. The molecular formula is C30H34ClN3O2. The molecule has 0 radical (unpaired) electrons. The van der Waals surface area contributed by atoms with Gasteiger partial charge in [-0.05, 0) is 92.8 Å². The zero-order valence-corrected chi connectivity index (χ0v) is 21.9. The third-order valence-electron chi connectivity index (χ3n) is 6.19. The molecule has 5 nitrogen and oxygen atoms in total. The first-order valence-corrected chi connectivity index (χ1v) is 13.1. The van der Waals surface area contributed by atoms with Crippen molar-refractivity contribution in [3.05, 3.63) is 94.3 Å². The Morgan fingerprint density at radius 2 is 1.69 bits per heavy atom. The van der Waals surface area contributed by atoms with E-state index in [0.717, 1.165) is 55.7 Å². The molecule has 0 fully saturated rings. The number of nitrogens with zero attached hydrogens (tertiary/aromatic N) is 2. The summed E-state index contributed by atoms with van der Waals surface area (Å²) in [5, 5.41) is 3.62. The summed E-state index contributed by atoms with van der Waals surface area (Å²) >= 11 is 5.89. The van der Waals surface area contributed by atoms with Crippen LogP contribution in [0.1, 0.15) is 53.0 Å². The van der Waals surface area contributed by atoms with Crippen LogP contribution in [-0.2, 0) is 13.0 Å². The van der Waals surface area contributed by atoms with Crippen molar-refractivity contribution < 1.29 is 9.53 Å². The highest BCUT2D eigenvalue weighted by molar-refractivity contribution is 6.30. The first-order valence-electron chi connectivity index (χ1n) is 12.7. The average molecular weight is 504 g/mol. The maximum Gasteiger partial charge on any atom is 0.251 e. The third-order valence-corrected chi connectivity index (χ3v) is 6.44. The SMILES string of the molecule is Cc1cc(C)cc(OCCCn2c(CCCCCNC(=O)c3ccc(Cl)cc3)nc3ccccc32)c1. The van der Waals surface area contributed by atoms with E-state index in [-0.39, 0.29) is 5.91 Å². The number of hydrogen-bond donors (Lipinski definition) is 1. The highest BCUT2D eigenvalue weighted by Crippen LogP contribution is 2.20. The number of para-hydroxylation sites is 2. The molecule has 6 heteroatoms. The van der Waals surface area contributed by atoms with Crippen molar-refractivity contribution >= 4 is 28.5 Å². The molecule has 0 spiro atoms. The predicted molar refractivity (Wildman–Crippen MR) is 147 cm³/mol. The lowest BCUT2D eigenvalue weighted by atomic mass is 10.1. The van der Waals surface area contributed by atoms with E-state index in [0.29, 0.717) is 23.7 Å². The van der Waals surface area contributed by atoms with E-state index < -0.39 is 0 Å². The third kappa shape index (κ3) is 7.11. The minimum Gasteiger partial charge on any atom is -0.494 e. The normalized spacial score (nSPS) is 11.1. The number of fused-ring (bicyclic) bond motifs is 1. The van der Waals surface area contributed by atoms with Gasteiger partial charge < -0.3 is 14.6 Å². The average Bonchev–Trinajstić information content (AvgIpc) is 3.21. The first kappa shape index (κ1) is 25.8. The number of halogens is 1. The van der Waals surface area contributed by atoms with Crippen LogP contribution in [0, 0.1) is 13.8 Å². The molecule has 0 unspecified atom stereocenters. The minimum atomic E-state index is -0.0588. The van der Waals surface area contributed by atoms with Crippen molar-refractivity contribution in [1.29, 1.82) is 0 Å². The topological polar surface area (TPSA) is 56.1 Å². The van der Waals surface area contributed by atoms with Gasteiger partial charge in [-0.2, -0.15) is 0 Å². The van der Waals surface area contributed by atoms with Crippen LogP contribution >= 0.6 is 11.6 Å². The van der Waals surface area contributed by atoms with Gasteiger partial charge in [0, 0.05) is 30.1 Å². The second kappa shape index (κ2) is 12.6. The molecule has 1 amide bonds. The molecule has 1 aromatic heterocycles. The summed E-state index contributed by atoms with van der Waals surface area (Å²) in [6, 6.07) is 21.6. The fraction of sp³-hybridized carbons (Fsp3) is 0.333. The molecule has 3 aromatic carbocycles. The minimum absolute atomic E-state index is 0.0588. The van der Waals surface area contributed by atoms with Gasteiger partial charge in [0.05, 0.1) is 17.6 Å². The number of rotatable bonds is 12. The van der Waals surface area contributed by atoms with Crippen molar-refractivity contribution in [2.24, 2.45) is 0 Å². The second-order valence-electron chi connectivity index (χ2n) is 9.27. The first-order chi connectivity index (χ1) is 17.5. The van der Waals surface area contributed by atoms with Crippen LogP contribution in [0.5, 0.6) is 5.75 Å². The molecule has 188 valence electrons. The lowest BCUT2D eigenvalue weighted by Crippen LogP contribution is -2.24. The van der Waals surface area contributed by atoms with E-state index in [1.54, 1.807) is 24.3 Å². The number of benzene rings is 3. The number of carbonyl (C=O) groups excluding carboxylic acids is 1. The number of unbranched alkanes of at least 4 members (excludes halogenated alkanes) is 2. The molecule has 0 bridgehead atoms. The van der Waals surface area contributed by atoms with Gasteiger partial charge in [-0.1, -0.05) is 36.2 Å². The lowest BCUT2D eigenvalue weighted by Gasteiger charge is -2.11. The van der Waals surface area contributed by atoms with Crippen molar-refractivity contribution in [3.63, 3.8) is 0 Å². The second-order valence-corrected chi connectivity index (χ2v) is 9.70. The van der Waals surface area contributed by atoms with Crippen LogP contribution in [0.4, 0.5) is 0 Å². The monoisotopic (exact) mass is 503 g/mol. The lowest BCUT2D eigenvalue weighted by molar-refractivity contribution is 0.0953. The number of amides is 1. The highest BCUT2D eigenvalue weighted by atomic mass is 35.5. The number of aryl methyl sites for hydroxylation is 4. The van der Waals surface area contributed by atoms with E-state index in [2.05, 4.69) is 60.1 Å². The van der Waals surface area contributed by atoms with Crippen LogP contribution in [0.2, 0.25) is 5.02 Å². The Bertz CT molecular complexity index is 1280. The molecule has 36 heavy (non-hydrogen) atoms. The molecule has 0 saturated heterocycles. The molecule has 1 N–H and O–H groups in total. The van der Waals surface area contributed by atoms with E-state index in [1.165, 1.54) is 16.6 Å². The zero-order valence-electron chi connectivity index (χ0n) is 21.1. The quantitative estimate of drug-likeness (QED) is 0.213. The molecule has 4 rings (SSSR count). The standard InChI is InChI=1S/C30H34ClN3O2/c1-22-19-23(2)21-26(20-22)36-18-8-17-34-28-10-6-5-9-27(28)33-29(34)11-4-3-7-16-32-30(35)24-12-14-25(31)15-13-24/h5-6,9-10,12-15,19-21H,3-4,7-8,11,16-18H2,1-2H3,(H,32,35). The van der Waals surface area contributed by atoms with Crippen molar-refractivity contribution in [1.82, 2.24) is 14.9 Å². The molecular weight excluding hydrogens is 470 g/mol. The van der Waals surface area contributed by atoms with Gasteiger partial charge in [0.25, 0.3) is 5.91 Å². The Kier molecular flexibility index (Phi) is 9.01. The number of aromatic nitrogens is 2. The summed E-state index contributed by atoms with van der Waals surface area (Å²) < 4.78 is 8.36. The van der Waals surface area contributed by atoms with Crippen molar-refractivity contribution in [2.45, 2.75) is 52.5 Å². The van der Waals surface area contributed by atoms with Crippen LogP contribution < -0.4 is 10.1 Å². The summed E-state index contributed by atoms with van der Waals surface area (Å²) in [6.07, 6.45) is 4.82. The zero-order chi connectivity index (χ0) is 25.3. The molecule has 1 heterocycles. The van der Waals surface area contributed by atoms with E-state index in [1.807, 2.05) is 6.07 Å². The predicted octanol–water partition coefficient (Wildman–Crippen LogP) is 6.92. The van der Waals surface area contributed by atoms with Gasteiger partial charge in [-0.3, -0.25) is 4.79 Å². The molecule has 4 aromatic rings. The molecule has 0 aliphatic carbocycles. The van der Waals surface area contributed by atoms with Crippen molar-refractivity contribution in [3.8, 4) is 5.75 Å². The summed E-state index contributed by atoms with van der Waals surface area (Å²) in [5.74, 6) is 2.00. The Morgan fingerprint density at radius 1 is 0.944 bits per heavy atom. The summed E-state index contributed by atoms with van der Waals surface area (Å²) in [6.45, 7) is 6.39. The smallest absolute Gasteiger partial charge is 0.251 e. The fourth-order valence-corrected chi connectivity index (χ4v) is 4.61. The maximum absolute atomic E-state index is 12.2. The number of hydrogen-bond acceptors (Lipinski definition) is 3. The van der Waals surface area contributed by atoms with E-state index in [9.17, 15) is 4.79 Å². The number of nitrogens with one attached hydrogen (secondary N) is 1. The Balaban J connectivity index is 1.25. The highest BCUT2D eigenvalue weighted by Gasteiger charge is 2.10. The fourth-order valence-electron chi connectivity index (χ4n) is 4.48. The number of imidazole rings is 1. The van der Waals surface area contributed by atoms with E-state index in [4.69, 9.17) is 21.3 Å². The Hall–Kier alpha value is -3.31. The Morgan fingerprint density at radius 3 is 2.47 bits per heavy atom. The van der Waals surface area contributed by atoms with Crippen LogP contribution in [0.25, 0.3) is 11.0 Å². The molecule has 0 aliphatic rings. The summed E-state index contributed by atoms with van der Waals surface area (Å²) in [4.78, 5) is 17.1. The summed E-state index contributed by atoms with van der Waals surface area (Å²) in [7, 11) is 0. The van der Waals surface area contributed by atoms with Gasteiger partial charge in [-0.25, -0.2) is 4.98 Å².